The van der Waals surface area contributed by atoms with E-state index in [1.165, 1.54) is 19.3 Å². The third-order valence-corrected chi connectivity index (χ3v) is 5.97. The highest BCUT2D eigenvalue weighted by Crippen LogP contribution is 2.51. The number of nitriles is 1. The molecule has 2 atom stereocenters. The van der Waals surface area contributed by atoms with Gasteiger partial charge >= 0.3 is 0 Å². The predicted molar refractivity (Wildman–Crippen MR) is 79.9 cm³/mol. The summed E-state index contributed by atoms with van der Waals surface area (Å²) < 4.78 is 5.41. The summed E-state index contributed by atoms with van der Waals surface area (Å²) in [6.07, 6.45) is 5.17. The third kappa shape index (κ3) is 2.41. The maximum Gasteiger partial charge on any atom is 0.125 e. The SMILES string of the molecule is COc1ccc(C#N)cc1C1(O)CC2CCCC(C1)S2. The summed E-state index contributed by atoms with van der Waals surface area (Å²) in [5.74, 6) is 0.691. The van der Waals surface area contributed by atoms with Crippen LogP contribution in [0.5, 0.6) is 5.75 Å². The molecule has 0 saturated carbocycles. The van der Waals surface area contributed by atoms with Crippen LogP contribution in [0.3, 0.4) is 0 Å². The van der Waals surface area contributed by atoms with Crippen molar-refractivity contribution in [2.24, 2.45) is 0 Å². The first-order valence-corrected chi connectivity index (χ1v) is 8.05. The van der Waals surface area contributed by atoms with Crippen molar-refractivity contribution in [2.45, 2.75) is 48.2 Å². The molecule has 3 nitrogen and oxygen atoms in total. The molecule has 0 amide bonds. The van der Waals surface area contributed by atoms with E-state index in [2.05, 4.69) is 6.07 Å². The highest BCUT2D eigenvalue weighted by Gasteiger charge is 2.43. The third-order valence-electron chi connectivity index (χ3n) is 4.40. The van der Waals surface area contributed by atoms with E-state index in [9.17, 15) is 5.11 Å². The van der Waals surface area contributed by atoms with Crippen LogP contribution in [0.15, 0.2) is 18.2 Å². The average molecular weight is 289 g/mol. The van der Waals surface area contributed by atoms with E-state index in [4.69, 9.17) is 10.00 Å². The zero-order chi connectivity index (χ0) is 14.2. The number of nitrogens with zero attached hydrogens (tertiary/aromatic N) is 1. The number of fused-ring (bicyclic) bond motifs is 2. The zero-order valence-electron chi connectivity index (χ0n) is 11.6. The smallest absolute Gasteiger partial charge is 0.125 e. The van der Waals surface area contributed by atoms with Crippen molar-refractivity contribution < 1.29 is 9.84 Å². The molecule has 2 heterocycles. The van der Waals surface area contributed by atoms with Crippen LogP contribution < -0.4 is 4.74 Å². The molecule has 1 aromatic carbocycles. The number of thioether (sulfide) groups is 1. The van der Waals surface area contributed by atoms with E-state index in [1.54, 1.807) is 25.3 Å². The molecule has 3 rings (SSSR count). The fraction of sp³-hybridized carbons (Fsp3) is 0.562. The van der Waals surface area contributed by atoms with Crippen LogP contribution in [0.2, 0.25) is 0 Å². The first-order chi connectivity index (χ1) is 9.64. The Morgan fingerprint density at radius 3 is 2.65 bits per heavy atom. The van der Waals surface area contributed by atoms with Crippen LogP contribution in [-0.4, -0.2) is 22.7 Å². The molecule has 2 bridgehead atoms. The van der Waals surface area contributed by atoms with Gasteiger partial charge in [0.2, 0.25) is 0 Å². The van der Waals surface area contributed by atoms with Gasteiger partial charge in [0.15, 0.2) is 0 Å². The highest BCUT2D eigenvalue weighted by molar-refractivity contribution is 8.00. The Morgan fingerprint density at radius 1 is 1.35 bits per heavy atom. The quantitative estimate of drug-likeness (QED) is 0.908. The van der Waals surface area contributed by atoms with Crippen LogP contribution in [0, 0.1) is 11.3 Å². The lowest BCUT2D eigenvalue weighted by atomic mass is 9.79. The van der Waals surface area contributed by atoms with Crippen molar-refractivity contribution in [1.82, 2.24) is 0 Å². The van der Waals surface area contributed by atoms with Crippen molar-refractivity contribution in [3.63, 3.8) is 0 Å². The largest absolute Gasteiger partial charge is 0.496 e. The lowest BCUT2D eigenvalue weighted by molar-refractivity contribution is 0.00608. The zero-order valence-corrected chi connectivity index (χ0v) is 12.4. The Bertz CT molecular complexity index is 540. The number of ether oxygens (including phenoxy) is 1. The summed E-state index contributed by atoms with van der Waals surface area (Å²) in [5.41, 5.74) is 0.521. The van der Waals surface area contributed by atoms with Gasteiger partial charge in [-0.2, -0.15) is 17.0 Å². The van der Waals surface area contributed by atoms with Gasteiger partial charge in [-0.3, -0.25) is 0 Å². The van der Waals surface area contributed by atoms with Crippen LogP contribution in [-0.2, 0) is 5.60 Å². The summed E-state index contributed by atoms with van der Waals surface area (Å²) in [4.78, 5) is 0. The summed E-state index contributed by atoms with van der Waals surface area (Å²) in [7, 11) is 1.62. The standard InChI is InChI=1S/C16H19NO2S/c1-19-15-6-5-11(10-17)7-14(15)16(18)8-12-3-2-4-13(9-16)20-12/h5-7,12-13,18H,2-4,8-9H2,1H3. The number of hydrogen-bond donors (Lipinski definition) is 1. The molecular formula is C16H19NO2S. The predicted octanol–water partition coefficient (Wildman–Crippen LogP) is 3.20. The van der Waals surface area contributed by atoms with Gasteiger partial charge in [0.25, 0.3) is 0 Å². The van der Waals surface area contributed by atoms with Crippen molar-refractivity contribution >= 4 is 11.8 Å². The molecule has 0 radical (unpaired) electrons. The fourth-order valence-electron chi connectivity index (χ4n) is 3.48. The Hall–Kier alpha value is -1.18. The van der Waals surface area contributed by atoms with Gasteiger partial charge in [-0.05, 0) is 43.9 Å². The topological polar surface area (TPSA) is 53.2 Å². The van der Waals surface area contributed by atoms with Crippen molar-refractivity contribution in [3.8, 4) is 11.8 Å². The molecule has 2 saturated heterocycles. The maximum atomic E-state index is 11.2. The van der Waals surface area contributed by atoms with Gasteiger partial charge in [0, 0.05) is 16.1 Å². The minimum Gasteiger partial charge on any atom is -0.496 e. The Morgan fingerprint density at radius 2 is 2.05 bits per heavy atom. The van der Waals surface area contributed by atoms with Crippen molar-refractivity contribution in [3.05, 3.63) is 29.3 Å². The number of benzene rings is 1. The Kier molecular flexibility index (Phi) is 3.66. The molecule has 2 aliphatic heterocycles. The normalized spacial score (nSPS) is 32.5. The minimum atomic E-state index is -0.848. The van der Waals surface area contributed by atoms with Gasteiger partial charge in [-0.1, -0.05) is 6.42 Å². The first-order valence-electron chi connectivity index (χ1n) is 7.11. The molecule has 1 aromatic rings. The van der Waals surface area contributed by atoms with Crippen molar-refractivity contribution in [1.29, 1.82) is 5.26 Å². The van der Waals surface area contributed by atoms with Gasteiger partial charge in [-0.15, -0.1) is 0 Å². The molecule has 106 valence electrons. The summed E-state index contributed by atoms with van der Waals surface area (Å²) in [6.45, 7) is 0. The highest BCUT2D eigenvalue weighted by atomic mass is 32.2. The summed E-state index contributed by atoms with van der Waals surface area (Å²) in [6, 6.07) is 7.48. The molecule has 20 heavy (non-hydrogen) atoms. The maximum absolute atomic E-state index is 11.2. The van der Waals surface area contributed by atoms with Crippen LogP contribution in [0.1, 0.15) is 43.2 Å². The van der Waals surface area contributed by atoms with Gasteiger partial charge in [0.1, 0.15) is 5.75 Å². The molecule has 0 spiro atoms. The van der Waals surface area contributed by atoms with E-state index in [0.717, 1.165) is 18.4 Å². The average Bonchev–Trinajstić information content (AvgIpc) is 2.46. The van der Waals surface area contributed by atoms with Crippen LogP contribution in [0.4, 0.5) is 0 Å². The van der Waals surface area contributed by atoms with E-state index < -0.39 is 5.60 Å². The molecule has 0 aromatic heterocycles. The van der Waals surface area contributed by atoms with Crippen molar-refractivity contribution in [2.75, 3.05) is 7.11 Å². The molecule has 4 heteroatoms. The van der Waals surface area contributed by atoms with Crippen LogP contribution >= 0.6 is 11.8 Å². The van der Waals surface area contributed by atoms with Gasteiger partial charge in [0.05, 0.1) is 24.3 Å². The minimum absolute atomic E-state index is 0.531. The molecule has 2 unspecified atom stereocenters. The molecule has 0 aliphatic carbocycles. The monoisotopic (exact) mass is 289 g/mol. The van der Waals surface area contributed by atoms with Gasteiger partial charge in [-0.25, -0.2) is 0 Å². The molecular weight excluding hydrogens is 270 g/mol. The lowest BCUT2D eigenvalue weighted by Crippen LogP contribution is -2.40. The number of aliphatic hydroxyl groups is 1. The summed E-state index contributed by atoms with van der Waals surface area (Å²) in [5, 5.41) is 21.3. The fourth-order valence-corrected chi connectivity index (χ4v) is 5.37. The molecule has 2 aliphatic rings. The Labute approximate surface area is 123 Å². The first kappa shape index (κ1) is 13.8. The number of methoxy groups -OCH3 is 1. The number of rotatable bonds is 2. The van der Waals surface area contributed by atoms with E-state index in [1.807, 2.05) is 11.8 Å². The summed E-state index contributed by atoms with van der Waals surface area (Å²) >= 11 is 2.03. The Balaban J connectivity index is 2.00. The van der Waals surface area contributed by atoms with E-state index >= 15 is 0 Å². The second-order valence-corrected chi connectivity index (χ2v) is 7.38. The van der Waals surface area contributed by atoms with E-state index in [-0.39, 0.29) is 0 Å². The second kappa shape index (κ2) is 5.31. The molecule has 1 N–H and O–H groups in total. The van der Waals surface area contributed by atoms with Gasteiger partial charge < -0.3 is 9.84 Å². The lowest BCUT2D eigenvalue weighted by Gasteiger charge is -2.44. The second-order valence-electron chi connectivity index (χ2n) is 5.78. The van der Waals surface area contributed by atoms with E-state index in [0.29, 0.717) is 21.8 Å². The van der Waals surface area contributed by atoms with Crippen LogP contribution in [0.25, 0.3) is 0 Å². The number of hydrogen-bond acceptors (Lipinski definition) is 4. The molecule has 2 fully saturated rings.